The van der Waals surface area contributed by atoms with Gasteiger partial charge in [-0.15, -0.1) is 0 Å². The summed E-state index contributed by atoms with van der Waals surface area (Å²) < 4.78 is 10.1. The van der Waals surface area contributed by atoms with Gasteiger partial charge in [-0.25, -0.2) is 4.79 Å². The molecule has 0 aromatic rings. The van der Waals surface area contributed by atoms with Crippen molar-refractivity contribution in [3.63, 3.8) is 0 Å². The third-order valence-corrected chi connectivity index (χ3v) is 5.25. The highest BCUT2D eigenvalue weighted by Gasteiger charge is 2.49. The topological polar surface area (TPSA) is 116 Å². The normalized spacial score (nSPS) is 20.5. The minimum absolute atomic E-state index is 0.0850. The van der Waals surface area contributed by atoms with Gasteiger partial charge in [-0.2, -0.15) is 0 Å². The van der Waals surface area contributed by atoms with Crippen molar-refractivity contribution in [1.82, 2.24) is 4.90 Å². The van der Waals surface area contributed by atoms with E-state index in [1.807, 2.05) is 11.8 Å². The number of esters is 1. The fraction of sp³-hybridized carbons (Fsp3) is 0.500. The van der Waals surface area contributed by atoms with E-state index < -0.39 is 23.1 Å². The molecule has 0 aromatic heterocycles. The quantitative estimate of drug-likeness (QED) is 0.442. The van der Waals surface area contributed by atoms with E-state index in [2.05, 4.69) is 4.74 Å². The highest BCUT2D eigenvalue weighted by Crippen LogP contribution is 2.48. The molecule has 28 heavy (non-hydrogen) atoms. The lowest BCUT2D eigenvalue weighted by molar-refractivity contribution is -0.144. The Kier molecular flexibility index (Phi) is 6.77. The van der Waals surface area contributed by atoms with Crippen molar-refractivity contribution in [2.75, 3.05) is 20.3 Å². The molecular formula is C20H26N2O6. The predicted molar refractivity (Wildman–Crippen MR) is 100 cm³/mol. The third kappa shape index (κ3) is 4.16. The number of methoxy groups -OCH3 is 1. The number of Topliss-reactive ketones (excluding diaryl/α,β-unsaturated/α-hetero) is 2. The van der Waals surface area contributed by atoms with Crippen LogP contribution < -0.4 is 5.73 Å². The standard InChI is InChI=1S/C20H26N2O6/c1-4-13(23)8-9-20(5-2)12-22-10-6-7-14(28-11-15(24)27-3)17(22)16(20)18(25)19(21)26/h6-7,10H,4-5,8-9,11-12H2,1-3H3,(H2,21,26). The van der Waals surface area contributed by atoms with Crippen LogP contribution in [0, 0.1) is 5.41 Å². The van der Waals surface area contributed by atoms with Gasteiger partial charge in [-0.1, -0.05) is 13.8 Å². The van der Waals surface area contributed by atoms with Crippen molar-refractivity contribution >= 4 is 23.4 Å². The number of ether oxygens (including phenoxy) is 2. The van der Waals surface area contributed by atoms with E-state index in [1.165, 1.54) is 7.11 Å². The summed E-state index contributed by atoms with van der Waals surface area (Å²) >= 11 is 0. The lowest BCUT2D eigenvalue weighted by Gasteiger charge is -2.30. The van der Waals surface area contributed by atoms with Gasteiger partial charge in [0.1, 0.15) is 11.5 Å². The first kappa shape index (κ1) is 21.4. The molecule has 1 amide bonds. The summed E-state index contributed by atoms with van der Waals surface area (Å²) in [5.41, 5.74) is 5.27. The summed E-state index contributed by atoms with van der Waals surface area (Å²) in [6.07, 6.45) is 6.78. The number of allylic oxidation sites excluding steroid dienone is 2. The number of hydrogen-bond donors (Lipinski definition) is 1. The molecule has 2 aliphatic rings. The van der Waals surface area contributed by atoms with Gasteiger partial charge < -0.3 is 20.1 Å². The number of carbonyl (C=O) groups is 4. The van der Waals surface area contributed by atoms with Crippen LogP contribution in [0.25, 0.3) is 0 Å². The Morgan fingerprint density at radius 3 is 2.54 bits per heavy atom. The molecule has 2 heterocycles. The van der Waals surface area contributed by atoms with Gasteiger partial charge in [-0.05, 0) is 25.0 Å². The van der Waals surface area contributed by atoms with Crippen molar-refractivity contribution in [2.24, 2.45) is 11.1 Å². The largest absolute Gasteiger partial charge is 0.480 e. The monoisotopic (exact) mass is 390 g/mol. The smallest absolute Gasteiger partial charge is 0.343 e. The van der Waals surface area contributed by atoms with Crippen molar-refractivity contribution in [3.8, 4) is 0 Å². The van der Waals surface area contributed by atoms with Crippen molar-refractivity contribution in [1.29, 1.82) is 0 Å². The molecular weight excluding hydrogens is 364 g/mol. The van der Waals surface area contributed by atoms with Crippen LogP contribution in [0.4, 0.5) is 0 Å². The molecule has 0 saturated carbocycles. The Hall–Kier alpha value is -2.90. The number of rotatable bonds is 10. The number of nitrogens with zero attached hydrogens (tertiary/aromatic N) is 1. The average molecular weight is 390 g/mol. The second kappa shape index (κ2) is 8.86. The van der Waals surface area contributed by atoms with Crippen molar-refractivity contribution in [2.45, 2.75) is 39.5 Å². The first-order valence-electron chi connectivity index (χ1n) is 9.25. The average Bonchev–Trinajstić information content (AvgIpc) is 3.04. The van der Waals surface area contributed by atoms with Gasteiger partial charge in [0.05, 0.1) is 12.8 Å². The maximum Gasteiger partial charge on any atom is 0.343 e. The van der Waals surface area contributed by atoms with Gasteiger partial charge in [0.2, 0.25) is 5.78 Å². The molecule has 0 aromatic carbocycles. The molecule has 2 N–H and O–H groups in total. The number of hydrogen-bond acceptors (Lipinski definition) is 7. The van der Waals surface area contributed by atoms with Gasteiger partial charge in [-0.3, -0.25) is 14.4 Å². The number of carbonyl (C=O) groups excluding carboxylic acids is 4. The Balaban J connectivity index is 2.50. The number of amides is 1. The lowest BCUT2D eigenvalue weighted by Crippen LogP contribution is -2.35. The Morgan fingerprint density at radius 1 is 1.25 bits per heavy atom. The predicted octanol–water partition coefficient (Wildman–Crippen LogP) is 1.37. The Bertz CT molecular complexity index is 780. The number of primary amides is 1. The van der Waals surface area contributed by atoms with Gasteiger partial charge in [0.25, 0.3) is 5.91 Å². The molecule has 0 radical (unpaired) electrons. The van der Waals surface area contributed by atoms with Crippen LogP contribution in [-0.2, 0) is 28.7 Å². The van der Waals surface area contributed by atoms with Crippen LogP contribution in [0.15, 0.2) is 35.4 Å². The van der Waals surface area contributed by atoms with Crippen LogP contribution in [0.3, 0.4) is 0 Å². The lowest BCUT2D eigenvalue weighted by atomic mass is 9.73. The summed E-state index contributed by atoms with van der Waals surface area (Å²) in [5.74, 6) is -2.06. The first-order valence-corrected chi connectivity index (χ1v) is 9.25. The van der Waals surface area contributed by atoms with Crippen LogP contribution in [0.2, 0.25) is 0 Å². The molecule has 0 bridgehead atoms. The van der Waals surface area contributed by atoms with E-state index in [0.29, 0.717) is 37.9 Å². The molecule has 2 rings (SSSR count). The zero-order chi connectivity index (χ0) is 20.9. The SMILES string of the molecule is CCC(=O)CCC1(CC)CN2C=CC=C(OCC(=O)OC)C2=C1C(=O)C(N)=O. The summed E-state index contributed by atoms with van der Waals surface area (Å²) in [7, 11) is 1.25. The number of ketones is 2. The molecule has 1 atom stereocenters. The molecule has 0 aliphatic carbocycles. The van der Waals surface area contributed by atoms with Gasteiger partial charge in [0.15, 0.2) is 6.61 Å². The Labute approximate surface area is 164 Å². The zero-order valence-electron chi connectivity index (χ0n) is 16.4. The molecule has 8 heteroatoms. The first-order chi connectivity index (χ1) is 13.3. The van der Waals surface area contributed by atoms with E-state index in [0.717, 1.165) is 0 Å². The molecule has 0 spiro atoms. The minimum Gasteiger partial charge on any atom is -0.480 e. The van der Waals surface area contributed by atoms with Crippen molar-refractivity contribution < 1.29 is 28.7 Å². The summed E-state index contributed by atoms with van der Waals surface area (Å²) in [4.78, 5) is 49.8. The summed E-state index contributed by atoms with van der Waals surface area (Å²) in [6.45, 7) is 3.78. The number of nitrogens with two attached hydrogens (primary N) is 1. The van der Waals surface area contributed by atoms with Crippen LogP contribution in [-0.4, -0.2) is 48.6 Å². The fourth-order valence-electron chi connectivity index (χ4n) is 3.59. The van der Waals surface area contributed by atoms with Crippen LogP contribution in [0.5, 0.6) is 0 Å². The molecule has 8 nitrogen and oxygen atoms in total. The maximum absolute atomic E-state index is 12.8. The summed E-state index contributed by atoms with van der Waals surface area (Å²) in [5, 5.41) is 0. The van der Waals surface area contributed by atoms with E-state index in [-0.39, 0.29) is 23.7 Å². The zero-order valence-corrected chi connectivity index (χ0v) is 16.4. The fourth-order valence-corrected chi connectivity index (χ4v) is 3.59. The minimum atomic E-state index is -1.06. The van der Waals surface area contributed by atoms with E-state index >= 15 is 0 Å². The summed E-state index contributed by atoms with van der Waals surface area (Å²) in [6, 6.07) is 0. The number of fused-ring (bicyclic) bond motifs is 1. The maximum atomic E-state index is 12.8. The highest BCUT2D eigenvalue weighted by atomic mass is 16.6. The van der Waals surface area contributed by atoms with Gasteiger partial charge >= 0.3 is 5.97 Å². The molecule has 0 fully saturated rings. The second-order valence-electron chi connectivity index (χ2n) is 6.81. The Morgan fingerprint density at radius 2 is 1.96 bits per heavy atom. The van der Waals surface area contributed by atoms with Crippen LogP contribution >= 0.6 is 0 Å². The van der Waals surface area contributed by atoms with E-state index in [9.17, 15) is 19.2 Å². The second-order valence-corrected chi connectivity index (χ2v) is 6.81. The molecule has 2 aliphatic heterocycles. The van der Waals surface area contributed by atoms with Crippen LogP contribution in [0.1, 0.15) is 39.5 Å². The van der Waals surface area contributed by atoms with Gasteiger partial charge in [0, 0.05) is 36.6 Å². The van der Waals surface area contributed by atoms with E-state index in [4.69, 9.17) is 10.5 Å². The molecule has 0 saturated heterocycles. The van der Waals surface area contributed by atoms with E-state index in [1.54, 1.807) is 25.3 Å². The third-order valence-electron chi connectivity index (χ3n) is 5.25. The van der Waals surface area contributed by atoms with Crippen molar-refractivity contribution in [3.05, 3.63) is 35.4 Å². The highest BCUT2D eigenvalue weighted by molar-refractivity contribution is 6.42. The molecule has 1 unspecified atom stereocenters. The molecule has 152 valence electrons.